The average Bonchev–Trinajstić information content (AvgIpc) is 2.46. The molecule has 1 aliphatic carbocycles. The third-order valence-electron chi connectivity index (χ3n) is 3.81. The molecular weight excluding hydrogens is 256 g/mol. The molecule has 0 radical (unpaired) electrons. The zero-order chi connectivity index (χ0) is 14.4. The largest absolute Gasteiger partial charge is 0.497 e. The first-order chi connectivity index (χ1) is 9.67. The van der Waals surface area contributed by atoms with Gasteiger partial charge in [0, 0.05) is 18.6 Å². The SMILES string of the molecule is COc1ccc(CN[C@H]2CC[C@H](NC(=O)O)CC2)cc1. The Morgan fingerprint density at radius 1 is 1.20 bits per heavy atom. The van der Waals surface area contributed by atoms with Crippen LogP contribution in [-0.2, 0) is 6.54 Å². The van der Waals surface area contributed by atoms with Crippen molar-refractivity contribution in [3.63, 3.8) is 0 Å². The second-order valence-corrected chi connectivity index (χ2v) is 5.23. The molecule has 5 nitrogen and oxygen atoms in total. The molecule has 3 N–H and O–H groups in total. The summed E-state index contributed by atoms with van der Waals surface area (Å²) < 4.78 is 5.13. The fourth-order valence-electron chi connectivity index (χ4n) is 2.62. The Morgan fingerprint density at radius 2 is 1.80 bits per heavy atom. The van der Waals surface area contributed by atoms with Crippen LogP contribution in [0.5, 0.6) is 5.75 Å². The molecule has 1 aliphatic rings. The van der Waals surface area contributed by atoms with E-state index >= 15 is 0 Å². The van der Waals surface area contributed by atoms with E-state index in [-0.39, 0.29) is 6.04 Å². The van der Waals surface area contributed by atoms with Gasteiger partial charge in [0.15, 0.2) is 0 Å². The summed E-state index contributed by atoms with van der Waals surface area (Å²) in [7, 11) is 1.66. The van der Waals surface area contributed by atoms with E-state index in [4.69, 9.17) is 9.84 Å². The van der Waals surface area contributed by atoms with Crippen molar-refractivity contribution in [3.05, 3.63) is 29.8 Å². The monoisotopic (exact) mass is 278 g/mol. The number of nitrogens with one attached hydrogen (secondary N) is 2. The molecule has 0 bridgehead atoms. The van der Waals surface area contributed by atoms with Gasteiger partial charge in [-0.1, -0.05) is 12.1 Å². The van der Waals surface area contributed by atoms with Gasteiger partial charge in [-0.25, -0.2) is 4.79 Å². The normalized spacial score (nSPS) is 22.2. The molecular formula is C15H22N2O3. The lowest BCUT2D eigenvalue weighted by molar-refractivity contribution is 0.183. The molecule has 1 fully saturated rings. The molecule has 0 saturated heterocycles. The number of ether oxygens (including phenoxy) is 1. The van der Waals surface area contributed by atoms with Crippen LogP contribution in [0, 0.1) is 0 Å². The lowest BCUT2D eigenvalue weighted by atomic mass is 9.91. The van der Waals surface area contributed by atoms with Crippen LogP contribution in [0.1, 0.15) is 31.2 Å². The van der Waals surface area contributed by atoms with Gasteiger partial charge < -0.3 is 20.5 Å². The molecule has 110 valence electrons. The summed E-state index contributed by atoms with van der Waals surface area (Å²) in [6, 6.07) is 8.64. The highest BCUT2D eigenvalue weighted by Gasteiger charge is 2.21. The maximum absolute atomic E-state index is 10.6. The Kier molecular flexibility index (Phi) is 5.24. The highest BCUT2D eigenvalue weighted by atomic mass is 16.5. The van der Waals surface area contributed by atoms with Crippen LogP contribution in [-0.4, -0.2) is 30.4 Å². The van der Waals surface area contributed by atoms with Gasteiger partial charge in [-0.2, -0.15) is 0 Å². The van der Waals surface area contributed by atoms with Gasteiger partial charge in [0.05, 0.1) is 7.11 Å². The quantitative estimate of drug-likeness (QED) is 0.773. The number of hydrogen-bond donors (Lipinski definition) is 3. The predicted molar refractivity (Wildman–Crippen MR) is 77.0 cm³/mol. The first-order valence-electron chi connectivity index (χ1n) is 7.03. The van der Waals surface area contributed by atoms with Gasteiger partial charge in [0.25, 0.3) is 0 Å². The molecule has 1 saturated carbocycles. The number of hydrogen-bond acceptors (Lipinski definition) is 3. The van der Waals surface area contributed by atoms with Crippen molar-refractivity contribution in [2.75, 3.05) is 7.11 Å². The Morgan fingerprint density at radius 3 is 2.35 bits per heavy atom. The topological polar surface area (TPSA) is 70.6 Å². The average molecular weight is 278 g/mol. The molecule has 5 heteroatoms. The van der Waals surface area contributed by atoms with Crippen LogP contribution >= 0.6 is 0 Å². The van der Waals surface area contributed by atoms with Crippen molar-refractivity contribution < 1.29 is 14.6 Å². The standard InChI is InChI=1S/C15H22N2O3/c1-20-14-8-2-11(3-9-14)10-16-12-4-6-13(7-5-12)17-15(18)19/h2-3,8-9,12-13,16-17H,4-7,10H2,1H3,(H,18,19)/t12-,13-. The molecule has 1 aromatic carbocycles. The van der Waals surface area contributed by atoms with Crippen molar-refractivity contribution in [2.45, 2.75) is 44.3 Å². The van der Waals surface area contributed by atoms with Crippen molar-refractivity contribution in [3.8, 4) is 5.75 Å². The van der Waals surface area contributed by atoms with E-state index in [1.54, 1.807) is 7.11 Å². The van der Waals surface area contributed by atoms with E-state index < -0.39 is 6.09 Å². The molecule has 0 atom stereocenters. The number of amides is 1. The Labute approximate surface area is 119 Å². The molecule has 2 rings (SSSR count). The minimum atomic E-state index is -0.917. The van der Waals surface area contributed by atoms with Gasteiger partial charge in [-0.15, -0.1) is 0 Å². The van der Waals surface area contributed by atoms with Crippen molar-refractivity contribution in [2.24, 2.45) is 0 Å². The second-order valence-electron chi connectivity index (χ2n) is 5.23. The van der Waals surface area contributed by atoms with Crippen LogP contribution in [0.3, 0.4) is 0 Å². The van der Waals surface area contributed by atoms with Crippen molar-refractivity contribution >= 4 is 6.09 Å². The summed E-state index contributed by atoms with van der Waals surface area (Å²) in [5.41, 5.74) is 1.23. The van der Waals surface area contributed by atoms with Gasteiger partial charge in [-0.05, 0) is 43.4 Å². The van der Waals surface area contributed by atoms with Crippen LogP contribution in [0.4, 0.5) is 4.79 Å². The van der Waals surface area contributed by atoms with E-state index in [1.807, 2.05) is 12.1 Å². The highest BCUT2D eigenvalue weighted by Crippen LogP contribution is 2.19. The fourth-order valence-corrected chi connectivity index (χ4v) is 2.62. The summed E-state index contributed by atoms with van der Waals surface area (Å²) in [6.45, 7) is 0.839. The summed E-state index contributed by atoms with van der Waals surface area (Å²) in [4.78, 5) is 10.6. The van der Waals surface area contributed by atoms with Gasteiger partial charge >= 0.3 is 6.09 Å². The highest BCUT2D eigenvalue weighted by molar-refractivity contribution is 5.64. The van der Waals surface area contributed by atoms with Gasteiger partial charge in [-0.3, -0.25) is 0 Å². The van der Waals surface area contributed by atoms with E-state index in [0.29, 0.717) is 6.04 Å². The molecule has 20 heavy (non-hydrogen) atoms. The second kappa shape index (κ2) is 7.14. The summed E-state index contributed by atoms with van der Waals surface area (Å²) in [5, 5.41) is 14.8. The van der Waals surface area contributed by atoms with E-state index in [9.17, 15) is 4.79 Å². The van der Waals surface area contributed by atoms with E-state index in [1.165, 1.54) is 5.56 Å². The zero-order valence-electron chi connectivity index (χ0n) is 11.8. The van der Waals surface area contributed by atoms with Crippen LogP contribution in [0.15, 0.2) is 24.3 Å². The van der Waals surface area contributed by atoms with Crippen LogP contribution in [0.25, 0.3) is 0 Å². The molecule has 0 unspecified atom stereocenters. The zero-order valence-corrected chi connectivity index (χ0v) is 11.8. The van der Waals surface area contributed by atoms with E-state index in [2.05, 4.69) is 22.8 Å². The maximum Gasteiger partial charge on any atom is 0.404 e. The Hall–Kier alpha value is -1.75. The molecule has 1 aromatic rings. The van der Waals surface area contributed by atoms with Crippen molar-refractivity contribution in [1.82, 2.24) is 10.6 Å². The molecule has 0 heterocycles. The maximum atomic E-state index is 10.6. The fraction of sp³-hybridized carbons (Fsp3) is 0.533. The lowest BCUT2D eigenvalue weighted by Crippen LogP contribution is -2.41. The van der Waals surface area contributed by atoms with Gasteiger partial charge in [0.1, 0.15) is 5.75 Å². The third kappa shape index (κ3) is 4.42. The van der Waals surface area contributed by atoms with E-state index in [0.717, 1.165) is 38.0 Å². The minimum Gasteiger partial charge on any atom is -0.497 e. The molecule has 0 aliphatic heterocycles. The third-order valence-corrected chi connectivity index (χ3v) is 3.81. The van der Waals surface area contributed by atoms with Gasteiger partial charge in [0.2, 0.25) is 0 Å². The number of carboxylic acid groups (broad SMARTS) is 1. The number of carbonyl (C=O) groups is 1. The van der Waals surface area contributed by atoms with Crippen LogP contribution < -0.4 is 15.4 Å². The summed E-state index contributed by atoms with van der Waals surface area (Å²) in [6.07, 6.45) is 2.93. The van der Waals surface area contributed by atoms with Crippen molar-refractivity contribution in [1.29, 1.82) is 0 Å². The first kappa shape index (κ1) is 14.7. The predicted octanol–water partition coefficient (Wildman–Crippen LogP) is 2.36. The smallest absolute Gasteiger partial charge is 0.404 e. The molecule has 1 amide bonds. The minimum absolute atomic E-state index is 0.117. The lowest BCUT2D eigenvalue weighted by Gasteiger charge is -2.29. The molecule has 0 spiro atoms. The summed E-state index contributed by atoms with van der Waals surface area (Å²) in [5.74, 6) is 0.869. The number of benzene rings is 1. The van der Waals surface area contributed by atoms with Crippen LogP contribution in [0.2, 0.25) is 0 Å². The number of methoxy groups -OCH3 is 1. The Balaban J connectivity index is 1.71. The Bertz CT molecular complexity index is 425. The first-order valence-corrected chi connectivity index (χ1v) is 7.03. The number of rotatable bonds is 5. The summed E-state index contributed by atoms with van der Waals surface area (Å²) >= 11 is 0. The molecule has 0 aromatic heterocycles.